The fourth-order valence-corrected chi connectivity index (χ4v) is 2.85. The second-order valence-corrected chi connectivity index (χ2v) is 6.14. The van der Waals surface area contributed by atoms with Crippen molar-refractivity contribution in [2.45, 2.75) is 37.6 Å². The van der Waals surface area contributed by atoms with Crippen molar-refractivity contribution in [3.05, 3.63) is 29.8 Å². The highest BCUT2D eigenvalue weighted by molar-refractivity contribution is 5.87. The number of carbonyl (C=O) groups is 2. The highest BCUT2D eigenvalue weighted by atomic mass is 16.5. The van der Waals surface area contributed by atoms with Gasteiger partial charge in [0.05, 0.1) is 18.2 Å². The molecule has 2 aliphatic heterocycles. The van der Waals surface area contributed by atoms with Gasteiger partial charge in [-0.05, 0) is 37.6 Å². The minimum Gasteiger partial charge on any atom is -0.486 e. The molecular formula is C16H22N4O5. The van der Waals surface area contributed by atoms with Crippen molar-refractivity contribution in [3.8, 4) is 5.75 Å². The van der Waals surface area contributed by atoms with Crippen LogP contribution in [-0.4, -0.2) is 54.4 Å². The summed E-state index contributed by atoms with van der Waals surface area (Å²) >= 11 is 0. The fraction of sp³-hybridized carbons (Fsp3) is 0.500. The Labute approximate surface area is 145 Å². The largest absolute Gasteiger partial charge is 0.486 e. The van der Waals surface area contributed by atoms with E-state index in [4.69, 9.17) is 14.6 Å². The standard InChI is InChI=1S/C16H22N4O5/c1-9-14(19-20-18-9)15(21)17-12-6-7-24-8-13(12)25-11-4-2-10(3-5-11)16(22)23/h2-5,9,12-14,18-20H,6-8H2,1H3,(H,17,21)(H,22,23)/t9?,12-,13-,14?/m1/s1. The van der Waals surface area contributed by atoms with Crippen LogP contribution in [0.15, 0.2) is 24.3 Å². The molecule has 9 nitrogen and oxygen atoms in total. The predicted molar refractivity (Wildman–Crippen MR) is 87.8 cm³/mol. The van der Waals surface area contributed by atoms with E-state index >= 15 is 0 Å². The van der Waals surface area contributed by atoms with Crippen LogP contribution in [-0.2, 0) is 9.53 Å². The molecule has 25 heavy (non-hydrogen) atoms. The van der Waals surface area contributed by atoms with E-state index in [1.165, 1.54) is 12.1 Å². The van der Waals surface area contributed by atoms with Crippen LogP contribution in [0.2, 0.25) is 0 Å². The monoisotopic (exact) mass is 350 g/mol. The number of ether oxygens (including phenoxy) is 2. The molecule has 0 aliphatic carbocycles. The molecule has 2 heterocycles. The van der Waals surface area contributed by atoms with Gasteiger partial charge in [0.2, 0.25) is 5.91 Å². The second-order valence-electron chi connectivity index (χ2n) is 6.14. The molecule has 0 aromatic heterocycles. The number of nitrogens with one attached hydrogen (secondary N) is 4. The molecule has 2 unspecified atom stereocenters. The van der Waals surface area contributed by atoms with Crippen LogP contribution >= 0.6 is 0 Å². The number of carboxylic acid groups (broad SMARTS) is 1. The van der Waals surface area contributed by atoms with Crippen LogP contribution in [0.1, 0.15) is 23.7 Å². The summed E-state index contributed by atoms with van der Waals surface area (Å²) in [6, 6.07) is 5.57. The molecule has 0 saturated carbocycles. The molecule has 136 valence electrons. The minimum absolute atomic E-state index is 0.0391. The van der Waals surface area contributed by atoms with Crippen molar-refractivity contribution in [2.24, 2.45) is 0 Å². The first-order valence-corrected chi connectivity index (χ1v) is 8.19. The summed E-state index contributed by atoms with van der Waals surface area (Å²) < 4.78 is 11.4. The van der Waals surface area contributed by atoms with Crippen LogP contribution < -0.4 is 26.4 Å². The molecule has 4 atom stereocenters. The first-order valence-electron chi connectivity index (χ1n) is 8.19. The molecule has 0 bridgehead atoms. The minimum atomic E-state index is -0.988. The Balaban J connectivity index is 1.62. The van der Waals surface area contributed by atoms with Crippen molar-refractivity contribution >= 4 is 11.9 Å². The Morgan fingerprint density at radius 3 is 2.68 bits per heavy atom. The number of amides is 1. The Morgan fingerprint density at radius 1 is 1.28 bits per heavy atom. The smallest absolute Gasteiger partial charge is 0.335 e. The summed E-state index contributed by atoms with van der Waals surface area (Å²) in [6.45, 7) is 2.81. The van der Waals surface area contributed by atoms with Crippen molar-refractivity contribution in [1.82, 2.24) is 21.7 Å². The van der Waals surface area contributed by atoms with Gasteiger partial charge in [-0.15, -0.1) is 0 Å². The lowest BCUT2D eigenvalue weighted by molar-refractivity contribution is -0.126. The molecule has 3 rings (SSSR count). The van der Waals surface area contributed by atoms with E-state index in [1.54, 1.807) is 12.1 Å². The summed E-state index contributed by atoms with van der Waals surface area (Å²) in [5.41, 5.74) is 8.74. The van der Waals surface area contributed by atoms with Gasteiger partial charge in [0.15, 0.2) is 0 Å². The number of hydrogen-bond acceptors (Lipinski definition) is 7. The van der Waals surface area contributed by atoms with E-state index in [0.717, 1.165) is 0 Å². The maximum absolute atomic E-state index is 12.4. The maximum Gasteiger partial charge on any atom is 0.335 e. The molecule has 2 fully saturated rings. The maximum atomic E-state index is 12.4. The highest BCUT2D eigenvalue weighted by Gasteiger charge is 2.34. The number of hydrogen-bond donors (Lipinski definition) is 5. The SMILES string of the molecule is CC1NNNC1C(=O)N[C@@H]1CCOC[C@H]1Oc1ccc(C(=O)O)cc1. The van der Waals surface area contributed by atoms with E-state index in [2.05, 4.69) is 21.7 Å². The summed E-state index contributed by atoms with van der Waals surface area (Å²) in [6.07, 6.45) is 0.303. The van der Waals surface area contributed by atoms with Gasteiger partial charge in [-0.25, -0.2) is 15.6 Å². The summed E-state index contributed by atoms with van der Waals surface area (Å²) in [7, 11) is 0. The van der Waals surface area contributed by atoms with Crippen LogP contribution in [0.3, 0.4) is 0 Å². The zero-order chi connectivity index (χ0) is 17.8. The molecule has 5 N–H and O–H groups in total. The molecule has 2 aliphatic rings. The lowest BCUT2D eigenvalue weighted by Crippen LogP contribution is -2.56. The lowest BCUT2D eigenvalue weighted by atomic mass is 10.0. The number of carbonyl (C=O) groups excluding carboxylic acids is 1. The average molecular weight is 350 g/mol. The van der Waals surface area contributed by atoms with Gasteiger partial charge in [-0.3, -0.25) is 4.79 Å². The summed E-state index contributed by atoms with van der Waals surface area (Å²) in [4.78, 5) is 23.3. The molecule has 2 saturated heterocycles. The third-order valence-electron chi connectivity index (χ3n) is 4.33. The Kier molecular flexibility index (Phi) is 5.49. The third-order valence-corrected chi connectivity index (χ3v) is 4.33. The number of rotatable bonds is 5. The van der Waals surface area contributed by atoms with Gasteiger partial charge in [0.25, 0.3) is 0 Å². The van der Waals surface area contributed by atoms with E-state index in [-0.39, 0.29) is 35.7 Å². The third kappa shape index (κ3) is 4.26. The van der Waals surface area contributed by atoms with E-state index < -0.39 is 5.97 Å². The Morgan fingerprint density at radius 2 is 2.04 bits per heavy atom. The zero-order valence-electron chi connectivity index (χ0n) is 13.8. The molecule has 0 radical (unpaired) electrons. The van der Waals surface area contributed by atoms with Crippen LogP contribution in [0, 0.1) is 0 Å². The van der Waals surface area contributed by atoms with E-state index in [0.29, 0.717) is 25.4 Å². The van der Waals surface area contributed by atoms with Gasteiger partial charge >= 0.3 is 5.97 Å². The molecule has 1 aromatic carbocycles. The predicted octanol–water partition coefficient (Wildman–Crippen LogP) is -0.593. The molecular weight excluding hydrogens is 328 g/mol. The van der Waals surface area contributed by atoms with E-state index in [1.807, 2.05) is 6.92 Å². The van der Waals surface area contributed by atoms with Crippen LogP contribution in [0.5, 0.6) is 5.75 Å². The first-order chi connectivity index (χ1) is 12.0. The van der Waals surface area contributed by atoms with Gasteiger partial charge in [0.1, 0.15) is 17.9 Å². The van der Waals surface area contributed by atoms with Crippen molar-refractivity contribution < 1.29 is 24.2 Å². The topological polar surface area (TPSA) is 121 Å². The van der Waals surface area contributed by atoms with Crippen LogP contribution in [0.25, 0.3) is 0 Å². The van der Waals surface area contributed by atoms with Crippen molar-refractivity contribution in [1.29, 1.82) is 0 Å². The lowest BCUT2D eigenvalue weighted by Gasteiger charge is -2.33. The number of hydrazine groups is 2. The Hall–Kier alpha value is -2.20. The Bertz CT molecular complexity index is 623. The molecule has 9 heteroatoms. The number of benzene rings is 1. The molecule has 0 spiro atoms. The summed E-state index contributed by atoms with van der Waals surface area (Å²) in [5.74, 6) is -0.569. The van der Waals surface area contributed by atoms with Crippen molar-refractivity contribution in [2.75, 3.05) is 13.2 Å². The number of carboxylic acids is 1. The molecule has 1 amide bonds. The van der Waals surface area contributed by atoms with Gasteiger partial charge in [-0.1, -0.05) is 0 Å². The summed E-state index contributed by atoms with van der Waals surface area (Å²) in [5, 5.41) is 11.9. The second kappa shape index (κ2) is 7.79. The average Bonchev–Trinajstić information content (AvgIpc) is 3.03. The first kappa shape index (κ1) is 17.6. The van der Waals surface area contributed by atoms with Gasteiger partial charge < -0.3 is 19.9 Å². The van der Waals surface area contributed by atoms with Gasteiger partial charge in [0, 0.05) is 12.6 Å². The zero-order valence-corrected chi connectivity index (χ0v) is 13.8. The van der Waals surface area contributed by atoms with Gasteiger partial charge in [-0.2, -0.15) is 5.53 Å². The molecule has 1 aromatic rings. The quantitative estimate of drug-likeness (QED) is 0.478. The normalized spacial score (nSPS) is 29.2. The van der Waals surface area contributed by atoms with Crippen LogP contribution in [0.4, 0.5) is 0 Å². The van der Waals surface area contributed by atoms with E-state index in [9.17, 15) is 9.59 Å². The highest BCUT2D eigenvalue weighted by Crippen LogP contribution is 2.19. The number of aromatic carboxylic acids is 1. The van der Waals surface area contributed by atoms with Crippen molar-refractivity contribution in [3.63, 3.8) is 0 Å². The fourth-order valence-electron chi connectivity index (χ4n) is 2.85.